The van der Waals surface area contributed by atoms with Crippen molar-refractivity contribution in [2.45, 2.75) is 19.9 Å². The highest BCUT2D eigenvalue weighted by molar-refractivity contribution is 7.07. The average Bonchev–Trinajstić information content (AvgIpc) is 3.04. The van der Waals surface area contributed by atoms with E-state index in [0.717, 1.165) is 5.56 Å². The van der Waals surface area contributed by atoms with Crippen LogP contribution in [0.4, 0.5) is 0 Å². The molecule has 5 nitrogen and oxygen atoms in total. The number of benzene rings is 2. The van der Waals surface area contributed by atoms with Crippen LogP contribution in [0, 0.1) is 0 Å². The summed E-state index contributed by atoms with van der Waals surface area (Å²) < 4.78 is 7.23. The Kier molecular flexibility index (Phi) is 6.58. The van der Waals surface area contributed by atoms with Crippen LogP contribution in [0.25, 0.3) is 6.08 Å². The highest BCUT2D eigenvalue weighted by Crippen LogP contribution is 2.31. The number of thiazole rings is 1. The van der Waals surface area contributed by atoms with Crippen LogP contribution in [-0.4, -0.2) is 17.1 Å². The average molecular weight is 508 g/mol. The lowest BCUT2D eigenvalue weighted by Gasteiger charge is -2.24. The molecule has 3 aromatic rings. The molecule has 2 aromatic carbocycles. The normalized spacial score (nSPS) is 16.0. The standard InChI is InChI=1S/C23H17Cl3N2O3S/c1-3-31-22(30)19-12(2)27-23-28(20(19)13-4-7-15(24)8-5-13)21(29)18(32-23)10-14-6-9-16(25)11-17(14)26/h4-11,20H,3H2,1-2H3/b18-10+/t20-/m0/s1. The number of rotatable bonds is 4. The zero-order valence-corrected chi connectivity index (χ0v) is 20.1. The Hall–Kier alpha value is -2.38. The Morgan fingerprint density at radius 1 is 1.16 bits per heavy atom. The van der Waals surface area contributed by atoms with Crippen molar-refractivity contribution in [3.63, 3.8) is 0 Å². The number of aromatic nitrogens is 1. The zero-order valence-electron chi connectivity index (χ0n) is 17.1. The summed E-state index contributed by atoms with van der Waals surface area (Å²) in [5.41, 5.74) is 1.92. The zero-order chi connectivity index (χ0) is 23.0. The molecule has 0 unspecified atom stereocenters. The van der Waals surface area contributed by atoms with E-state index in [4.69, 9.17) is 39.5 Å². The van der Waals surface area contributed by atoms with E-state index >= 15 is 0 Å². The van der Waals surface area contributed by atoms with Gasteiger partial charge in [0, 0.05) is 15.1 Å². The van der Waals surface area contributed by atoms with Gasteiger partial charge in [0.15, 0.2) is 4.80 Å². The maximum Gasteiger partial charge on any atom is 0.338 e. The van der Waals surface area contributed by atoms with E-state index in [0.29, 0.717) is 41.2 Å². The molecule has 1 atom stereocenters. The van der Waals surface area contributed by atoms with Crippen LogP contribution in [0.3, 0.4) is 0 Å². The third-order valence-electron chi connectivity index (χ3n) is 4.95. The second-order valence-corrected chi connectivity index (χ2v) is 9.31. The van der Waals surface area contributed by atoms with Gasteiger partial charge < -0.3 is 4.74 Å². The van der Waals surface area contributed by atoms with Crippen molar-refractivity contribution >= 4 is 58.2 Å². The second-order valence-electron chi connectivity index (χ2n) is 7.02. The van der Waals surface area contributed by atoms with E-state index in [2.05, 4.69) is 4.99 Å². The molecule has 0 spiro atoms. The SMILES string of the molecule is CCOC(=O)C1=C(C)N=c2s/c(=C/c3ccc(Cl)cc3Cl)c(=O)n2[C@H]1c1ccc(Cl)cc1. The molecule has 0 N–H and O–H groups in total. The van der Waals surface area contributed by atoms with E-state index in [1.807, 2.05) is 0 Å². The minimum atomic E-state index is -0.689. The summed E-state index contributed by atoms with van der Waals surface area (Å²) in [4.78, 5) is 31.4. The molecule has 0 fully saturated rings. The molecular weight excluding hydrogens is 491 g/mol. The lowest BCUT2D eigenvalue weighted by Crippen LogP contribution is -2.39. The van der Waals surface area contributed by atoms with Gasteiger partial charge in [-0.25, -0.2) is 9.79 Å². The van der Waals surface area contributed by atoms with Crippen molar-refractivity contribution in [1.82, 2.24) is 4.57 Å². The van der Waals surface area contributed by atoms with Crippen molar-refractivity contribution in [3.05, 3.63) is 99.6 Å². The van der Waals surface area contributed by atoms with Crippen LogP contribution in [0.1, 0.15) is 31.0 Å². The summed E-state index contributed by atoms with van der Waals surface area (Å²) in [6.45, 7) is 3.68. The van der Waals surface area contributed by atoms with Crippen molar-refractivity contribution in [2.75, 3.05) is 6.61 Å². The molecule has 0 radical (unpaired) electrons. The van der Waals surface area contributed by atoms with E-state index in [-0.39, 0.29) is 12.2 Å². The van der Waals surface area contributed by atoms with Gasteiger partial charge in [0.05, 0.1) is 28.5 Å². The fourth-order valence-corrected chi connectivity index (χ4v) is 5.14. The smallest absolute Gasteiger partial charge is 0.338 e. The number of ether oxygens (including phenoxy) is 1. The van der Waals surface area contributed by atoms with Gasteiger partial charge in [0.2, 0.25) is 0 Å². The first-order valence-electron chi connectivity index (χ1n) is 9.70. The first-order valence-corrected chi connectivity index (χ1v) is 11.7. The molecule has 4 rings (SSSR count). The second kappa shape index (κ2) is 9.24. The van der Waals surface area contributed by atoms with Gasteiger partial charge in [0.25, 0.3) is 5.56 Å². The summed E-state index contributed by atoms with van der Waals surface area (Å²) in [6, 6.07) is 11.4. The van der Waals surface area contributed by atoms with Gasteiger partial charge in [-0.3, -0.25) is 9.36 Å². The van der Waals surface area contributed by atoms with Crippen molar-refractivity contribution < 1.29 is 9.53 Å². The molecule has 1 aliphatic heterocycles. The fraction of sp³-hybridized carbons (Fsp3) is 0.174. The number of allylic oxidation sites excluding steroid dienone is 1. The summed E-state index contributed by atoms with van der Waals surface area (Å²) in [6.07, 6.45) is 1.70. The first-order chi connectivity index (χ1) is 15.3. The van der Waals surface area contributed by atoms with Crippen LogP contribution in [0.5, 0.6) is 0 Å². The molecule has 1 aromatic heterocycles. The Labute approximate surface area is 202 Å². The number of esters is 1. The molecule has 0 bridgehead atoms. The highest BCUT2D eigenvalue weighted by Gasteiger charge is 2.33. The highest BCUT2D eigenvalue weighted by atomic mass is 35.5. The summed E-state index contributed by atoms with van der Waals surface area (Å²) >= 11 is 19.6. The minimum absolute atomic E-state index is 0.211. The molecule has 0 aliphatic carbocycles. The van der Waals surface area contributed by atoms with Gasteiger partial charge in [0.1, 0.15) is 0 Å². The molecule has 1 aliphatic rings. The van der Waals surface area contributed by atoms with Crippen molar-refractivity contribution in [1.29, 1.82) is 0 Å². The number of nitrogens with zero attached hydrogens (tertiary/aromatic N) is 2. The quantitative estimate of drug-likeness (QED) is 0.479. The molecule has 164 valence electrons. The first kappa shape index (κ1) is 22.8. The third-order valence-corrected chi connectivity index (χ3v) is 6.75. The van der Waals surface area contributed by atoms with Gasteiger partial charge in [-0.1, -0.05) is 64.3 Å². The largest absolute Gasteiger partial charge is 0.463 e. The van der Waals surface area contributed by atoms with Gasteiger partial charge in [-0.05, 0) is 55.3 Å². The maximum atomic E-state index is 13.5. The Morgan fingerprint density at radius 2 is 1.84 bits per heavy atom. The van der Waals surface area contributed by atoms with Gasteiger partial charge >= 0.3 is 5.97 Å². The predicted molar refractivity (Wildman–Crippen MR) is 128 cm³/mol. The van der Waals surface area contributed by atoms with Crippen LogP contribution >= 0.6 is 46.1 Å². The van der Waals surface area contributed by atoms with Crippen LogP contribution in [0.15, 0.2) is 63.5 Å². The molecule has 32 heavy (non-hydrogen) atoms. The number of fused-ring (bicyclic) bond motifs is 1. The van der Waals surface area contributed by atoms with Crippen LogP contribution in [0.2, 0.25) is 15.1 Å². The van der Waals surface area contributed by atoms with E-state index < -0.39 is 12.0 Å². The Bertz CT molecular complexity index is 1420. The molecule has 2 heterocycles. The fourth-order valence-electron chi connectivity index (χ4n) is 3.51. The van der Waals surface area contributed by atoms with Crippen molar-refractivity contribution in [2.24, 2.45) is 4.99 Å². The molecule has 0 saturated heterocycles. The van der Waals surface area contributed by atoms with Crippen LogP contribution < -0.4 is 14.9 Å². The molecular formula is C23H17Cl3N2O3S. The number of hydrogen-bond donors (Lipinski definition) is 0. The molecule has 0 saturated carbocycles. The van der Waals surface area contributed by atoms with E-state index in [1.165, 1.54) is 15.9 Å². The lowest BCUT2D eigenvalue weighted by atomic mass is 9.96. The lowest BCUT2D eigenvalue weighted by molar-refractivity contribution is -0.139. The Morgan fingerprint density at radius 3 is 2.50 bits per heavy atom. The third kappa shape index (κ3) is 4.28. The molecule has 9 heteroatoms. The number of halogens is 3. The Balaban J connectivity index is 1.96. The van der Waals surface area contributed by atoms with Gasteiger partial charge in [-0.2, -0.15) is 0 Å². The summed E-state index contributed by atoms with van der Waals surface area (Å²) in [5.74, 6) is -0.510. The minimum Gasteiger partial charge on any atom is -0.463 e. The van der Waals surface area contributed by atoms with Crippen LogP contribution in [-0.2, 0) is 9.53 Å². The van der Waals surface area contributed by atoms with E-state index in [1.54, 1.807) is 62.4 Å². The number of hydrogen-bond acceptors (Lipinski definition) is 5. The summed E-state index contributed by atoms with van der Waals surface area (Å²) in [7, 11) is 0. The topological polar surface area (TPSA) is 60.7 Å². The maximum absolute atomic E-state index is 13.5. The molecule has 0 amide bonds. The predicted octanol–water partition coefficient (Wildman–Crippen LogP) is 4.76. The number of carbonyl (C=O) groups excluding carboxylic acids is 1. The van der Waals surface area contributed by atoms with Gasteiger partial charge in [-0.15, -0.1) is 0 Å². The summed E-state index contributed by atoms with van der Waals surface area (Å²) in [5, 5.41) is 1.49. The van der Waals surface area contributed by atoms with E-state index in [9.17, 15) is 9.59 Å². The number of carbonyl (C=O) groups is 1. The van der Waals surface area contributed by atoms with Crippen molar-refractivity contribution in [3.8, 4) is 0 Å². The monoisotopic (exact) mass is 506 g/mol.